The highest BCUT2D eigenvalue weighted by atomic mass is 35.5. The number of amides is 1. The maximum absolute atomic E-state index is 12.2. The van der Waals surface area contributed by atoms with Crippen LogP contribution in [0, 0.1) is 6.92 Å². The minimum atomic E-state index is -0.110. The van der Waals surface area contributed by atoms with E-state index in [1.165, 1.54) is 0 Å². The number of aliphatic hydroxyl groups is 1. The molecule has 0 radical (unpaired) electrons. The Labute approximate surface area is 132 Å². The highest BCUT2D eigenvalue weighted by Gasteiger charge is 2.18. The van der Waals surface area contributed by atoms with Crippen molar-refractivity contribution in [1.29, 1.82) is 0 Å². The number of anilines is 1. The topological polar surface area (TPSA) is 52.6 Å². The fourth-order valence-corrected chi connectivity index (χ4v) is 2.70. The number of aliphatic hydroxyl groups excluding tert-OH is 1. The zero-order valence-electron chi connectivity index (χ0n) is 13.0. The first-order valence-corrected chi connectivity index (χ1v) is 7.80. The molecular weight excluding hydrogens is 288 g/mol. The van der Waals surface area contributed by atoms with Crippen molar-refractivity contribution in [3.05, 3.63) is 28.8 Å². The van der Waals surface area contributed by atoms with Gasteiger partial charge in [0.2, 0.25) is 5.91 Å². The number of carbonyl (C=O) groups excluding carboxylic acids is 1. The van der Waals surface area contributed by atoms with Crippen molar-refractivity contribution in [2.75, 3.05) is 25.0 Å². The normalized spacial score (nSPS) is 11.2. The summed E-state index contributed by atoms with van der Waals surface area (Å²) < 4.78 is 0. The molecule has 5 heteroatoms. The van der Waals surface area contributed by atoms with Crippen LogP contribution in [0.2, 0.25) is 5.02 Å². The minimum absolute atomic E-state index is 0.0507. The van der Waals surface area contributed by atoms with Gasteiger partial charge in [-0.1, -0.05) is 31.5 Å². The number of aryl methyl sites for hydroxylation is 1. The Bertz CT molecular complexity index is 462. The highest BCUT2D eigenvalue weighted by molar-refractivity contribution is 6.33. The largest absolute Gasteiger partial charge is 0.395 e. The fraction of sp³-hybridized carbons (Fsp3) is 0.562. The number of nitrogens with one attached hydrogen (secondary N) is 1. The average Bonchev–Trinajstić information content (AvgIpc) is 2.43. The zero-order chi connectivity index (χ0) is 15.8. The van der Waals surface area contributed by atoms with E-state index >= 15 is 0 Å². The fourth-order valence-electron chi connectivity index (χ4n) is 2.42. The van der Waals surface area contributed by atoms with Gasteiger partial charge in [0.1, 0.15) is 0 Å². The van der Waals surface area contributed by atoms with Crippen LogP contribution in [0.15, 0.2) is 18.2 Å². The molecule has 0 aliphatic rings. The predicted molar refractivity (Wildman–Crippen MR) is 87.8 cm³/mol. The molecule has 118 valence electrons. The lowest BCUT2D eigenvalue weighted by atomic mass is 10.1. The first-order valence-electron chi connectivity index (χ1n) is 7.42. The number of benzene rings is 1. The van der Waals surface area contributed by atoms with E-state index in [2.05, 4.69) is 19.2 Å². The van der Waals surface area contributed by atoms with Gasteiger partial charge in [0.05, 0.1) is 23.9 Å². The summed E-state index contributed by atoms with van der Waals surface area (Å²) in [6, 6.07) is 5.84. The quantitative estimate of drug-likeness (QED) is 0.775. The molecule has 0 saturated carbocycles. The van der Waals surface area contributed by atoms with Crippen LogP contribution in [0.25, 0.3) is 0 Å². The molecule has 0 spiro atoms. The van der Waals surface area contributed by atoms with Gasteiger partial charge in [-0.15, -0.1) is 0 Å². The van der Waals surface area contributed by atoms with Gasteiger partial charge < -0.3 is 10.4 Å². The van der Waals surface area contributed by atoms with E-state index in [1.807, 2.05) is 30.0 Å². The molecule has 1 amide bonds. The Morgan fingerprint density at radius 3 is 2.57 bits per heavy atom. The van der Waals surface area contributed by atoms with Crippen LogP contribution in [-0.2, 0) is 4.79 Å². The first-order chi connectivity index (χ1) is 10.0. The van der Waals surface area contributed by atoms with Crippen molar-refractivity contribution in [2.24, 2.45) is 0 Å². The second kappa shape index (κ2) is 9.03. The monoisotopic (exact) mass is 312 g/mol. The number of halogens is 1. The Kier molecular flexibility index (Phi) is 7.72. The van der Waals surface area contributed by atoms with Crippen LogP contribution < -0.4 is 5.32 Å². The van der Waals surface area contributed by atoms with Gasteiger partial charge in [-0.05, 0) is 37.5 Å². The third-order valence-corrected chi connectivity index (χ3v) is 3.90. The molecule has 0 atom stereocenters. The molecule has 1 aromatic carbocycles. The lowest BCUT2D eigenvalue weighted by Crippen LogP contribution is -2.42. The van der Waals surface area contributed by atoms with Gasteiger partial charge in [-0.3, -0.25) is 9.69 Å². The molecule has 4 nitrogen and oxygen atoms in total. The molecule has 0 heterocycles. The van der Waals surface area contributed by atoms with Crippen LogP contribution in [0.1, 0.15) is 32.3 Å². The highest BCUT2D eigenvalue weighted by Crippen LogP contribution is 2.22. The summed E-state index contributed by atoms with van der Waals surface area (Å²) in [6.45, 7) is 6.95. The van der Waals surface area contributed by atoms with Crippen molar-refractivity contribution in [1.82, 2.24) is 4.90 Å². The molecule has 2 N–H and O–H groups in total. The van der Waals surface area contributed by atoms with Crippen LogP contribution >= 0.6 is 11.6 Å². The summed E-state index contributed by atoms with van der Waals surface area (Å²) >= 11 is 6.12. The summed E-state index contributed by atoms with van der Waals surface area (Å²) in [4.78, 5) is 14.2. The van der Waals surface area contributed by atoms with Gasteiger partial charge >= 0.3 is 0 Å². The molecule has 0 saturated heterocycles. The standard InChI is InChI=1S/C16H25ClN2O2/c1-4-13(5-2)19(8-9-20)11-16(21)18-15-7-6-12(3)10-14(15)17/h6-7,10,13,20H,4-5,8-9,11H2,1-3H3,(H,18,21). The van der Waals surface area contributed by atoms with Gasteiger partial charge in [-0.25, -0.2) is 0 Å². The maximum Gasteiger partial charge on any atom is 0.238 e. The van der Waals surface area contributed by atoms with E-state index in [-0.39, 0.29) is 19.1 Å². The Morgan fingerprint density at radius 2 is 2.05 bits per heavy atom. The van der Waals surface area contributed by atoms with E-state index in [0.29, 0.717) is 23.3 Å². The SMILES string of the molecule is CCC(CC)N(CCO)CC(=O)Nc1ccc(C)cc1Cl. The average molecular weight is 313 g/mol. The van der Waals surface area contributed by atoms with Crippen LogP contribution in [0.5, 0.6) is 0 Å². The smallest absolute Gasteiger partial charge is 0.238 e. The molecule has 0 aromatic heterocycles. The van der Waals surface area contributed by atoms with E-state index in [9.17, 15) is 4.79 Å². The van der Waals surface area contributed by atoms with E-state index in [4.69, 9.17) is 16.7 Å². The zero-order valence-corrected chi connectivity index (χ0v) is 13.8. The number of hydrogen-bond donors (Lipinski definition) is 2. The molecular formula is C16H25ClN2O2. The van der Waals surface area contributed by atoms with E-state index in [1.54, 1.807) is 0 Å². The molecule has 0 aliphatic heterocycles. The Balaban J connectivity index is 2.69. The summed E-state index contributed by atoms with van der Waals surface area (Å²) in [5, 5.41) is 12.5. The summed E-state index contributed by atoms with van der Waals surface area (Å²) in [6.07, 6.45) is 1.91. The predicted octanol–water partition coefficient (Wildman–Crippen LogP) is 3.07. The third kappa shape index (κ3) is 5.65. The molecule has 0 aliphatic carbocycles. The lowest BCUT2D eigenvalue weighted by Gasteiger charge is -2.29. The summed E-state index contributed by atoms with van der Waals surface area (Å²) in [7, 11) is 0. The van der Waals surface area contributed by atoms with Gasteiger partial charge in [0.15, 0.2) is 0 Å². The molecule has 1 rings (SSSR count). The van der Waals surface area contributed by atoms with Crippen molar-refractivity contribution >= 4 is 23.2 Å². The Hall–Kier alpha value is -1.10. The van der Waals surface area contributed by atoms with Crippen LogP contribution in [-0.4, -0.2) is 41.7 Å². The minimum Gasteiger partial charge on any atom is -0.395 e. The summed E-state index contributed by atoms with van der Waals surface area (Å²) in [5.74, 6) is -0.110. The van der Waals surface area contributed by atoms with Crippen molar-refractivity contribution in [2.45, 2.75) is 39.7 Å². The number of rotatable bonds is 8. The van der Waals surface area contributed by atoms with Crippen LogP contribution in [0.4, 0.5) is 5.69 Å². The number of nitrogens with zero attached hydrogens (tertiary/aromatic N) is 1. The third-order valence-electron chi connectivity index (χ3n) is 3.59. The molecule has 1 aromatic rings. The molecule has 0 unspecified atom stereocenters. The number of hydrogen-bond acceptors (Lipinski definition) is 3. The molecule has 0 fully saturated rings. The van der Waals surface area contributed by atoms with Crippen molar-refractivity contribution < 1.29 is 9.90 Å². The van der Waals surface area contributed by atoms with Gasteiger partial charge in [0, 0.05) is 12.6 Å². The lowest BCUT2D eigenvalue weighted by molar-refractivity contribution is -0.118. The maximum atomic E-state index is 12.2. The van der Waals surface area contributed by atoms with Crippen molar-refractivity contribution in [3.63, 3.8) is 0 Å². The second-order valence-corrected chi connectivity index (χ2v) is 5.60. The molecule has 21 heavy (non-hydrogen) atoms. The van der Waals surface area contributed by atoms with Crippen LogP contribution in [0.3, 0.4) is 0 Å². The van der Waals surface area contributed by atoms with Gasteiger partial charge in [-0.2, -0.15) is 0 Å². The van der Waals surface area contributed by atoms with E-state index < -0.39 is 0 Å². The van der Waals surface area contributed by atoms with Crippen molar-refractivity contribution in [3.8, 4) is 0 Å². The Morgan fingerprint density at radius 1 is 1.38 bits per heavy atom. The van der Waals surface area contributed by atoms with Gasteiger partial charge in [0.25, 0.3) is 0 Å². The van der Waals surface area contributed by atoms with E-state index in [0.717, 1.165) is 18.4 Å². The first kappa shape index (κ1) is 18.0. The summed E-state index contributed by atoms with van der Waals surface area (Å²) in [5.41, 5.74) is 1.68. The second-order valence-electron chi connectivity index (χ2n) is 5.20. The molecule has 0 bridgehead atoms. The number of carbonyl (C=O) groups is 1.